The minimum absolute atomic E-state index is 0.0153. The van der Waals surface area contributed by atoms with E-state index >= 15 is 0 Å². The van der Waals surface area contributed by atoms with E-state index in [4.69, 9.17) is 9.47 Å². The first-order valence-corrected chi connectivity index (χ1v) is 11.8. The maximum absolute atomic E-state index is 13.6. The minimum atomic E-state index is -0.832. The Morgan fingerprint density at radius 2 is 1.64 bits per heavy atom. The summed E-state index contributed by atoms with van der Waals surface area (Å²) in [7, 11) is 3.05. The van der Waals surface area contributed by atoms with Gasteiger partial charge in [0.2, 0.25) is 0 Å². The first kappa shape index (κ1) is 25.0. The van der Waals surface area contributed by atoms with Crippen LogP contribution >= 0.6 is 0 Å². The number of ether oxygens (including phenoxy) is 2. The predicted molar refractivity (Wildman–Crippen MR) is 141 cm³/mol. The van der Waals surface area contributed by atoms with Gasteiger partial charge in [-0.2, -0.15) is 0 Å². The Morgan fingerprint density at radius 1 is 0.917 bits per heavy atom. The van der Waals surface area contributed by atoms with Gasteiger partial charge in [0.25, 0.3) is 11.7 Å². The van der Waals surface area contributed by atoms with E-state index in [1.807, 2.05) is 43.3 Å². The third-order valence-electron chi connectivity index (χ3n) is 6.58. The second-order valence-corrected chi connectivity index (χ2v) is 9.89. The number of methoxy groups -OCH3 is 2. The van der Waals surface area contributed by atoms with E-state index in [0.717, 1.165) is 16.7 Å². The summed E-state index contributed by atoms with van der Waals surface area (Å²) in [5.41, 5.74) is 3.27. The highest BCUT2D eigenvalue weighted by atomic mass is 16.5. The topological polar surface area (TPSA) is 76.1 Å². The van der Waals surface area contributed by atoms with Crippen LogP contribution in [-0.4, -0.2) is 31.0 Å². The van der Waals surface area contributed by atoms with Crippen molar-refractivity contribution in [2.45, 2.75) is 39.2 Å². The van der Waals surface area contributed by atoms with Crippen LogP contribution in [0.3, 0.4) is 0 Å². The molecule has 1 amide bonds. The van der Waals surface area contributed by atoms with Crippen molar-refractivity contribution in [2.24, 2.45) is 0 Å². The van der Waals surface area contributed by atoms with Crippen molar-refractivity contribution in [1.82, 2.24) is 0 Å². The van der Waals surface area contributed by atoms with Crippen LogP contribution < -0.4 is 14.4 Å². The number of benzene rings is 3. The normalized spacial score (nSPS) is 17.4. The van der Waals surface area contributed by atoms with E-state index in [1.54, 1.807) is 37.4 Å². The molecule has 0 aliphatic carbocycles. The van der Waals surface area contributed by atoms with Crippen LogP contribution in [0, 0.1) is 6.92 Å². The molecule has 0 bridgehead atoms. The summed E-state index contributed by atoms with van der Waals surface area (Å²) >= 11 is 0. The molecule has 186 valence electrons. The zero-order valence-corrected chi connectivity index (χ0v) is 21.5. The fraction of sp³-hybridized carbons (Fsp3) is 0.267. The van der Waals surface area contributed by atoms with Gasteiger partial charge in [-0.15, -0.1) is 0 Å². The highest BCUT2D eigenvalue weighted by molar-refractivity contribution is 6.51. The fourth-order valence-electron chi connectivity index (χ4n) is 4.55. The van der Waals surface area contributed by atoms with Crippen molar-refractivity contribution in [3.8, 4) is 11.5 Å². The van der Waals surface area contributed by atoms with Gasteiger partial charge < -0.3 is 14.6 Å². The zero-order valence-electron chi connectivity index (χ0n) is 21.5. The molecule has 3 aromatic rings. The van der Waals surface area contributed by atoms with Crippen molar-refractivity contribution < 1.29 is 24.2 Å². The summed E-state index contributed by atoms with van der Waals surface area (Å²) in [5.74, 6) is -0.778. The summed E-state index contributed by atoms with van der Waals surface area (Å²) < 4.78 is 10.9. The monoisotopic (exact) mass is 485 g/mol. The fourth-order valence-corrected chi connectivity index (χ4v) is 4.55. The molecule has 4 rings (SSSR count). The van der Waals surface area contributed by atoms with Crippen LogP contribution in [-0.2, 0) is 15.0 Å². The molecule has 6 nitrogen and oxygen atoms in total. The number of hydrogen-bond acceptors (Lipinski definition) is 5. The van der Waals surface area contributed by atoms with Crippen LogP contribution in [0.1, 0.15) is 49.1 Å². The molecule has 1 aliphatic rings. The van der Waals surface area contributed by atoms with Gasteiger partial charge in [-0.1, -0.05) is 57.2 Å². The van der Waals surface area contributed by atoms with Crippen LogP contribution in [0.4, 0.5) is 5.69 Å². The second-order valence-electron chi connectivity index (χ2n) is 9.89. The van der Waals surface area contributed by atoms with E-state index < -0.39 is 17.7 Å². The lowest BCUT2D eigenvalue weighted by Crippen LogP contribution is -2.29. The highest BCUT2D eigenvalue weighted by Crippen LogP contribution is 2.45. The lowest BCUT2D eigenvalue weighted by atomic mass is 9.85. The van der Waals surface area contributed by atoms with Crippen molar-refractivity contribution in [3.63, 3.8) is 0 Å². The van der Waals surface area contributed by atoms with Crippen molar-refractivity contribution in [1.29, 1.82) is 0 Å². The third-order valence-corrected chi connectivity index (χ3v) is 6.58. The number of aliphatic hydroxyl groups is 1. The van der Waals surface area contributed by atoms with Gasteiger partial charge in [0.05, 0.1) is 31.4 Å². The molecular formula is C30H31NO5. The molecule has 1 saturated heterocycles. The number of amides is 1. The highest BCUT2D eigenvalue weighted by Gasteiger charge is 2.47. The number of nitrogens with zero attached hydrogens (tertiary/aromatic N) is 1. The lowest BCUT2D eigenvalue weighted by Gasteiger charge is -2.27. The number of aryl methyl sites for hydroxylation is 1. The van der Waals surface area contributed by atoms with Crippen LogP contribution in [0.25, 0.3) is 5.76 Å². The number of carbonyl (C=O) groups excluding carboxylic acids is 2. The summed E-state index contributed by atoms with van der Waals surface area (Å²) in [4.78, 5) is 28.5. The van der Waals surface area contributed by atoms with Gasteiger partial charge in [0.15, 0.2) is 0 Å². The average molecular weight is 486 g/mol. The Balaban J connectivity index is 2.02. The Bertz CT molecular complexity index is 1370. The molecule has 36 heavy (non-hydrogen) atoms. The standard InChI is InChI=1S/C30H31NO5/c1-18-10-7-8-13-22(18)26-25(27(32)23-16-19(30(2,3)4)14-15-24(23)36-6)28(33)29(34)31(26)20-11-9-12-21(17-20)35-5/h7-17,26,32H,1-6H3/b27-25+. The molecule has 1 fully saturated rings. The Kier molecular flexibility index (Phi) is 6.63. The van der Waals surface area contributed by atoms with E-state index in [2.05, 4.69) is 20.8 Å². The maximum Gasteiger partial charge on any atom is 0.300 e. The molecule has 6 heteroatoms. The Morgan fingerprint density at radius 3 is 2.28 bits per heavy atom. The maximum atomic E-state index is 13.6. The number of carbonyl (C=O) groups is 2. The molecule has 1 heterocycles. The van der Waals surface area contributed by atoms with E-state index in [9.17, 15) is 14.7 Å². The number of aliphatic hydroxyl groups excluding tert-OH is 1. The van der Waals surface area contributed by atoms with Gasteiger partial charge in [0, 0.05) is 11.8 Å². The third kappa shape index (κ3) is 4.35. The Hall–Kier alpha value is -4.06. The van der Waals surface area contributed by atoms with E-state index in [0.29, 0.717) is 22.7 Å². The summed E-state index contributed by atoms with van der Waals surface area (Å²) in [6.07, 6.45) is 0. The number of anilines is 1. The molecule has 0 saturated carbocycles. The summed E-state index contributed by atoms with van der Waals surface area (Å²) in [5, 5.41) is 11.7. The lowest BCUT2D eigenvalue weighted by molar-refractivity contribution is -0.132. The van der Waals surface area contributed by atoms with Crippen molar-refractivity contribution >= 4 is 23.1 Å². The average Bonchev–Trinajstić information content (AvgIpc) is 3.13. The molecule has 1 N–H and O–H groups in total. The number of rotatable bonds is 5. The molecule has 1 aliphatic heterocycles. The minimum Gasteiger partial charge on any atom is -0.507 e. The molecule has 1 unspecified atom stereocenters. The van der Waals surface area contributed by atoms with E-state index in [1.165, 1.54) is 12.0 Å². The first-order chi connectivity index (χ1) is 17.1. The largest absolute Gasteiger partial charge is 0.507 e. The van der Waals surface area contributed by atoms with Gasteiger partial charge in [-0.3, -0.25) is 14.5 Å². The number of ketones is 1. The van der Waals surface area contributed by atoms with Gasteiger partial charge in [0.1, 0.15) is 17.3 Å². The first-order valence-electron chi connectivity index (χ1n) is 11.8. The van der Waals surface area contributed by atoms with Crippen molar-refractivity contribution in [3.05, 3.63) is 94.6 Å². The van der Waals surface area contributed by atoms with Gasteiger partial charge in [-0.05, 0) is 53.3 Å². The van der Waals surface area contributed by atoms with Crippen LogP contribution in [0.2, 0.25) is 0 Å². The molecular weight excluding hydrogens is 454 g/mol. The molecule has 0 aromatic heterocycles. The quantitative estimate of drug-likeness (QED) is 0.275. The molecule has 0 spiro atoms. The SMILES string of the molecule is COc1cccc(N2C(=O)C(=O)/C(=C(/O)c3cc(C(C)(C)C)ccc3OC)C2c2ccccc2C)c1. The van der Waals surface area contributed by atoms with Crippen LogP contribution in [0.5, 0.6) is 11.5 Å². The number of hydrogen-bond donors (Lipinski definition) is 1. The summed E-state index contributed by atoms with van der Waals surface area (Å²) in [6.45, 7) is 8.11. The van der Waals surface area contributed by atoms with Crippen LogP contribution in [0.15, 0.2) is 72.3 Å². The Labute approximate surface area is 211 Å². The number of Topliss-reactive ketones (excluding diaryl/α,β-unsaturated/α-hetero) is 1. The summed E-state index contributed by atoms with van der Waals surface area (Å²) in [6, 6.07) is 19.2. The molecule has 1 atom stereocenters. The van der Waals surface area contributed by atoms with Gasteiger partial charge >= 0.3 is 0 Å². The second kappa shape index (κ2) is 9.53. The molecule has 3 aromatic carbocycles. The smallest absolute Gasteiger partial charge is 0.300 e. The zero-order chi connectivity index (χ0) is 26.2. The molecule has 0 radical (unpaired) electrons. The van der Waals surface area contributed by atoms with Crippen molar-refractivity contribution in [2.75, 3.05) is 19.1 Å². The predicted octanol–water partition coefficient (Wildman–Crippen LogP) is 5.94. The van der Waals surface area contributed by atoms with E-state index in [-0.39, 0.29) is 16.7 Å². The van der Waals surface area contributed by atoms with Gasteiger partial charge in [-0.25, -0.2) is 0 Å².